The van der Waals surface area contributed by atoms with E-state index in [2.05, 4.69) is 4.98 Å². The number of methoxy groups -OCH3 is 1. The summed E-state index contributed by atoms with van der Waals surface area (Å²) in [5, 5.41) is 18.3. The van der Waals surface area contributed by atoms with Gasteiger partial charge in [-0.15, -0.1) is 0 Å². The lowest BCUT2D eigenvalue weighted by molar-refractivity contribution is -0.150. The number of nitrogens with zero attached hydrogens (tertiary/aromatic N) is 3. The third-order valence-corrected chi connectivity index (χ3v) is 3.08. The molecule has 1 unspecified atom stereocenters. The molecular formula is C14H15N3O3. The van der Waals surface area contributed by atoms with Crippen molar-refractivity contribution in [1.82, 2.24) is 4.98 Å². The van der Waals surface area contributed by atoms with E-state index in [1.807, 2.05) is 12.1 Å². The minimum Gasteiger partial charge on any atom is -0.495 e. The van der Waals surface area contributed by atoms with Gasteiger partial charge in [-0.3, -0.25) is 9.78 Å². The van der Waals surface area contributed by atoms with Gasteiger partial charge in [-0.1, -0.05) is 0 Å². The van der Waals surface area contributed by atoms with Crippen molar-refractivity contribution in [2.75, 3.05) is 13.7 Å². The van der Waals surface area contributed by atoms with Crippen LogP contribution in [0.2, 0.25) is 0 Å². The summed E-state index contributed by atoms with van der Waals surface area (Å²) in [4.78, 5) is 16.2. The molecule has 0 aliphatic heterocycles. The van der Waals surface area contributed by atoms with Gasteiger partial charge >= 0.3 is 5.97 Å². The number of carbonyl (C=O) groups excluding carboxylic acids is 1. The minimum absolute atomic E-state index is 0.162. The van der Waals surface area contributed by atoms with Crippen LogP contribution in [0.4, 0.5) is 0 Å². The molecule has 1 aromatic heterocycles. The molecule has 0 N–H and O–H groups in total. The van der Waals surface area contributed by atoms with E-state index < -0.39 is 17.3 Å². The van der Waals surface area contributed by atoms with Crippen LogP contribution >= 0.6 is 0 Å². The van der Waals surface area contributed by atoms with Gasteiger partial charge in [-0.05, 0) is 25.5 Å². The highest BCUT2D eigenvalue weighted by molar-refractivity contribution is 5.84. The summed E-state index contributed by atoms with van der Waals surface area (Å²) in [6.07, 6.45) is 2.91. The maximum atomic E-state index is 12.2. The summed E-state index contributed by atoms with van der Waals surface area (Å²) in [5.41, 5.74) is -1.01. The molecule has 6 heteroatoms. The van der Waals surface area contributed by atoms with E-state index in [1.165, 1.54) is 26.4 Å². The second-order valence-corrected chi connectivity index (χ2v) is 4.23. The van der Waals surface area contributed by atoms with Crippen molar-refractivity contribution < 1.29 is 14.3 Å². The molecule has 0 aromatic carbocycles. The third kappa shape index (κ3) is 2.70. The molecule has 6 nitrogen and oxygen atoms in total. The zero-order chi connectivity index (χ0) is 15.2. The number of rotatable bonds is 5. The van der Waals surface area contributed by atoms with Crippen LogP contribution in [0.15, 0.2) is 18.5 Å². The number of carbonyl (C=O) groups is 1. The van der Waals surface area contributed by atoms with Crippen molar-refractivity contribution in [3.05, 3.63) is 24.0 Å². The Balaban J connectivity index is 3.41. The van der Waals surface area contributed by atoms with E-state index in [4.69, 9.17) is 20.0 Å². The number of aromatic nitrogens is 1. The molecule has 0 aliphatic carbocycles. The maximum absolute atomic E-state index is 12.2. The van der Waals surface area contributed by atoms with Gasteiger partial charge in [0.2, 0.25) is 0 Å². The largest absolute Gasteiger partial charge is 0.495 e. The predicted molar refractivity (Wildman–Crippen MR) is 69.5 cm³/mol. The van der Waals surface area contributed by atoms with E-state index in [1.54, 1.807) is 13.0 Å². The van der Waals surface area contributed by atoms with Crippen LogP contribution in [0.1, 0.15) is 19.4 Å². The van der Waals surface area contributed by atoms with Crippen molar-refractivity contribution >= 4 is 5.97 Å². The van der Waals surface area contributed by atoms with Gasteiger partial charge in [0.25, 0.3) is 0 Å². The molecule has 1 atom stereocenters. The molecule has 0 fully saturated rings. The number of esters is 1. The molecule has 0 aliphatic rings. The van der Waals surface area contributed by atoms with Crippen LogP contribution in [0.5, 0.6) is 5.75 Å². The SMILES string of the molecule is CCOC(=O)C(C)(c1cncc(OC)c1)C(C#N)C#N. The zero-order valence-electron chi connectivity index (χ0n) is 11.6. The fourth-order valence-electron chi connectivity index (χ4n) is 1.78. The van der Waals surface area contributed by atoms with E-state index in [0.29, 0.717) is 11.3 Å². The van der Waals surface area contributed by atoms with Crippen LogP contribution < -0.4 is 4.74 Å². The molecule has 0 bridgehead atoms. The number of ether oxygens (including phenoxy) is 2. The summed E-state index contributed by atoms with van der Waals surface area (Å²) in [6, 6.07) is 5.25. The van der Waals surface area contributed by atoms with E-state index in [9.17, 15) is 4.79 Å². The maximum Gasteiger partial charge on any atom is 0.318 e. The Morgan fingerprint density at radius 1 is 1.45 bits per heavy atom. The topological polar surface area (TPSA) is 96.0 Å². The number of hydrogen-bond acceptors (Lipinski definition) is 6. The first kappa shape index (κ1) is 15.5. The van der Waals surface area contributed by atoms with Crippen LogP contribution in [0.3, 0.4) is 0 Å². The van der Waals surface area contributed by atoms with Crippen LogP contribution in [-0.2, 0) is 14.9 Å². The van der Waals surface area contributed by atoms with Crippen LogP contribution in [0, 0.1) is 28.6 Å². The first-order chi connectivity index (χ1) is 9.54. The Labute approximate surface area is 117 Å². The molecule has 104 valence electrons. The normalized spacial score (nSPS) is 12.9. The number of hydrogen-bond donors (Lipinski definition) is 0. The summed E-state index contributed by atoms with van der Waals surface area (Å²) in [5.74, 6) is -1.38. The average molecular weight is 273 g/mol. The highest BCUT2D eigenvalue weighted by atomic mass is 16.5. The lowest BCUT2D eigenvalue weighted by Crippen LogP contribution is -2.40. The van der Waals surface area contributed by atoms with Gasteiger partial charge in [0.1, 0.15) is 11.2 Å². The van der Waals surface area contributed by atoms with Crippen molar-refractivity contribution in [1.29, 1.82) is 10.5 Å². The fourth-order valence-corrected chi connectivity index (χ4v) is 1.78. The summed E-state index contributed by atoms with van der Waals surface area (Å²) < 4.78 is 10.1. The van der Waals surface area contributed by atoms with Gasteiger partial charge in [0.15, 0.2) is 5.92 Å². The molecule has 1 aromatic rings. The van der Waals surface area contributed by atoms with Crippen molar-refractivity contribution in [3.63, 3.8) is 0 Å². The number of nitriles is 2. The fraction of sp³-hybridized carbons (Fsp3) is 0.429. The quantitative estimate of drug-likeness (QED) is 0.755. The van der Waals surface area contributed by atoms with E-state index in [-0.39, 0.29) is 6.61 Å². The molecule has 20 heavy (non-hydrogen) atoms. The average Bonchev–Trinajstić information content (AvgIpc) is 2.48. The second kappa shape index (κ2) is 6.53. The summed E-state index contributed by atoms with van der Waals surface area (Å²) >= 11 is 0. The lowest BCUT2D eigenvalue weighted by Gasteiger charge is -2.28. The second-order valence-electron chi connectivity index (χ2n) is 4.23. The smallest absolute Gasteiger partial charge is 0.318 e. The summed E-state index contributed by atoms with van der Waals surface area (Å²) in [6.45, 7) is 3.32. The third-order valence-electron chi connectivity index (χ3n) is 3.08. The summed E-state index contributed by atoms with van der Waals surface area (Å²) in [7, 11) is 1.47. The van der Waals surface area contributed by atoms with Crippen LogP contribution in [0.25, 0.3) is 0 Å². The molecular weight excluding hydrogens is 258 g/mol. The van der Waals surface area contributed by atoms with Gasteiger partial charge in [0, 0.05) is 6.20 Å². The van der Waals surface area contributed by atoms with Crippen molar-refractivity contribution in [2.45, 2.75) is 19.3 Å². The Hall–Kier alpha value is -2.60. The van der Waals surface area contributed by atoms with Gasteiger partial charge < -0.3 is 9.47 Å². The van der Waals surface area contributed by atoms with Gasteiger partial charge in [-0.2, -0.15) is 10.5 Å². The van der Waals surface area contributed by atoms with Crippen LogP contribution in [-0.4, -0.2) is 24.7 Å². The first-order valence-corrected chi connectivity index (χ1v) is 6.00. The lowest BCUT2D eigenvalue weighted by atomic mass is 9.73. The Morgan fingerprint density at radius 3 is 2.60 bits per heavy atom. The Kier molecular flexibility index (Phi) is 5.05. The molecule has 0 radical (unpaired) electrons. The van der Waals surface area contributed by atoms with Crippen molar-refractivity contribution in [2.24, 2.45) is 5.92 Å². The van der Waals surface area contributed by atoms with Gasteiger partial charge in [-0.25, -0.2) is 0 Å². The molecule has 0 saturated carbocycles. The Morgan fingerprint density at radius 2 is 2.10 bits per heavy atom. The number of pyridine rings is 1. The van der Waals surface area contributed by atoms with Gasteiger partial charge in [0.05, 0.1) is 32.1 Å². The standard InChI is InChI=1S/C14H15N3O3/c1-4-20-13(18)14(2,11(6-15)7-16)10-5-12(19-3)9-17-8-10/h5,8-9,11H,4H2,1-3H3. The monoisotopic (exact) mass is 273 g/mol. The Bertz CT molecular complexity index is 560. The highest BCUT2D eigenvalue weighted by Gasteiger charge is 2.45. The van der Waals surface area contributed by atoms with E-state index >= 15 is 0 Å². The van der Waals surface area contributed by atoms with E-state index in [0.717, 1.165) is 0 Å². The minimum atomic E-state index is -1.42. The predicted octanol–water partition coefficient (Wildman–Crippen LogP) is 1.57. The molecule has 1 rings (SSSR count). The molecule has 0 amide bonds. The molecule has 0 spiro atoms. The molecule has 1 heterocycles. The zero-order valence-corrected chi connectivity index (χ0v) is 11.6. The highest BCUT2D eigenvalue weighted by Crippen LogP contribution is 2.34. The van der Waals surface area contributed by atoms with Crippen molar-refractivity contribution in [3.8, 4) is 17.9 Å². The first-order valence-electron chi connectivity index (χ1n) is 6.00. The molecule has 0 saturated heterocycles.